The minimum Gasteiger partial charge on any atom is -0.488 e. The van der Waals surface area contributed by atoms with Gasteiger partial charge in [0.15, 0.2) is 0 Å². The molecule has 0 amide bonds. The maximum atomic E-state index is 9.19. The summed E-state index contributed by atoms with van der Waals surface area (Å²) < 4.78 is 7.98. The summed E-state index contributed by atoms with van der Waals surface area (Å²) in [4.78, 5) is 0. The van der Waals surface area contributed by atoms with E-state index in [1.807, 2.05) is 12.1 Å². The van der Waals surface area contributed by atoms with Gasteiger partial charge in [0.2, 0.25) is 0 Å². The van der Waals surface area contributed by atoms with Crippen LogP contribution in [0.1, 0.15) is 38.7 Å². The molecule has 0 aromatic heterocycles. The number of halogens is 2. The van der Waals surface area contributed by atoms with Gasteiger partial charge < -0.3 is 9.84 Å². The highest BCUT2D eigenvalue weighted by atomic mass is 79.9. The standard InChI is InChI=1S/C15H20Br2O2/c1-9-3-10(2)5-12(4-9)19-15-13(16)6-11(8-18)7-14(15)17/h6-7,9-10,12,18H,3-5,8H2,1-2H3. The lowest BCUT2D eigenvalue weighted by Gasteiger charge is -2.32. The molecule has 1 aliphatic rings. The average Bonchev–Trinajstić information content (AvgIpc) is 2.32. The van der Waals surface area contributed by atoms with Crippen LogP contribution in [0.5, 0.6) is 5.75 Å². The molecule has 1 aromatic carbocycles. The van der Waals surface area contributed by atoms with Crippen molar-refractivity contribution >= 4 is 31.9 Å². The summed E-state index contributed by atoms with van der Waals surface area (Å²) in [6.45, 7) is 4.63. The molecule has 1 saturated carbocycles. The summed E-state index contributed by atoms with van der Waals surface area (Å²) in [6.07, 6.45) is 3.81. The van der Waals surface area contributed by atoms with Crippen molar-refractivity contribution in [3.63, 3.8) is 0 Å². The number of aliphatic hydroxyl groups is 1. The van der Waals surface area contributed by atoms with E-state index in [2.05, 4.69) is 45.7 Å². The Morgan fingerprint density at radius 1 is 1.11 bits per heavy atom. The normalized spacial score (nSPS) is 27.3. The Labute approximate surface area is 131 Å². The molecule has 1 N–H and O–H groups in total. The predicted molar refractivity (Wildman–Crippen MR) is 84.4 cm³/mol. The molecule has 1 aromatic rings. The molecule has 0 radical (unpaired) electrons. The van der Waals surface area contributed by atoms with Crippen LogP contribution >= 0.6 is 31.9 Å². The van der Waals surface area contributed by atoms with Crippen LogP contribution in [-0.4, -0.2) is 11.2 Å². The molecular formula is C15H20Br2O2. The Balaban J connectivity index is 2.14. The fourth-order valence-corrected chi connectivity index (χ4v) is 4.42. The van der Waals surface area contributed by atoms with Crippen LogP contribution < -0.4 is 4.74 Å². The van der Waals surface area contributed by atoms with Crippen molar-refractivity contribution in [1.82, 2.24) is 0 Å². The quantitative estimate of drug-likeness (QED) is 0.793. The molecule has 19 heavy (non-hydrogen) atoms. The molecule has 2 atom stereocenters. The monoisotopic (exact) mass is 390 g/mol. The van der Waals surface area contributed by atoms with Gasteiger partial charge in [-0.15, -0.1) is 0 Å². The molecular weight excluding hydrogens is 372 g/mol. The molecule has 2 rings (SSSR count). The molecule has 0 saturated heterocycles. The molecule has 0 bridgehead atoms. The Morgan fingerprint density at radius 3 is 2.11 bits per heavy atom. The van der Waals surface area contributed by atoms with Gasteiger partial charge in [-0.1, -0.05) is 13.8 Å². The highest BCUT2D eigenvalue weighted by Crippen LogP contribution is 2.38. The second kappa shape index (κ2) is 6.59. The number of ether oxygens (including phenoxy) is 1. The number of hydrogen-bond acceptors (Lipinski definition) is 2. The van der Waals surface area contributed by atoms with Gasteiger partial charge in [-0.05, 0) is 80.7 Å². The minimum absolute atomic E-state index is 0.0367. The molecule has 0 aliphatic heterocycles. The molecule has 0 spiro atoms. The van der Waals surface area contributed by atoms with Crippen LogP contribution in [0.25, 0.3) is 0 Å². The van der Waals surface area contributed by atoms with Gasteiger partial charge in [0, 0.05) is 0 Å². The summed E-state index contributed by atoms with van der Waals surface area (Å²) in [7, 11) is 0. The molecule has 1 aliphatic carbocycles. The van der Waals surface area contributed by atoms with Gasteiger partial charge in [0.25, 0.3) is 0 Å². The van der Waals surface area contributed by atoms with Gasteiger partial charge in [-0.25, -0.2) is 0 Å². The van der Waals surface area contributed by atoms with Gasteiger partial charge in [-0.2, -0.15) is 0 Å². The van der Waals surface area contributed by atoms with Crippen LogP contribution in [-0.2, 0) is 6.61 Å². The second-order valence-corrected chi connectivity index (χ2v) is 7.41. The second-order valence-electron chi connectivity index (χ2n) is 5.70. The predicted octanol–water partition coefficient (Wildman–Crippen LogP) is 4.91. The van der Waals surface area contributed by atoms with E-state index < -0.39 is 0 Å². The van der Waals surface area contributed by atoms with E-state index in [0.717, 1.165) is 44.9 Å². The Bertz CT molecular complexity index is 415. The Morgan fingerprint density at radius 2 is 1.63 bits per heavy atom. The van der Waals surface area contributed by atoms with Crippen LogP contribution in [0.2, 0.25) is 0 Å². The number of benzene rings is 1. The zero-order chi connectivity index (χ0) is 14.0. The number of aliphatic hydroxyl groups excluding tert-OH is 1. The fourth-order valence-electron chi connectivity index (χ4n) is 2.95. The lowest BCUT2D eigenvalue weighted by molar-refractivity contribution is 0.0995. The minimum atomic E-state index is 0.0367. The Kier molecular flexibility index (Phi) is 5.32. The van der Waals surface area contributed by atoms with Gasteiger partial charge >= 0.3 is 0 Å². The van der Waals surface area contributed by atoms with Crippen molar-refractivity contribution in [3.05, 3.63) is 26.6 Å². The van der Waals surface area contributed by atoms with E-state index in [0.29, 0.717) is 0 Å². The third kappa shape index (κ3) is 3.96. The van der Waals surface area contributed by atoms with E-state index in [1.54, 1.807) is 0 Å². The van der Waals surface area contributed by atoms with Gasteiger partial charge in [-0.3, -0.25) is 0 Å². The summed E-state index contributed by atoms with van der Waals surface area (Å²) in [5, 5.41) is 9.19. The molecule has 2 nitrogen and oxygen atoms in total. The van der Waals surface area contributed by atoms with Crippen molar-refractivity contribution in [1.29, 1.82) is 0 Å². The number of rotatable bonds is 3. The van der Waals surface area contributed by atoms with E-state index in [1.165, 1.54) is 6.42 Å². The fraction of sp³-hybridized carbons (Fsp3) is 0.600. The largest absolute Gasteiger partial charge is 0.488 e. The smallest absolute Gasteiger partial charge is 0.148 e. The topological polar surface area (TPSA) is 29.5 Å². The first kappa shape index (κ1) is 15.3. The highest BCUT2D eigenvalue weighted by Gasteiger charge is 2.26. The van der Waals surface area contributed by atoms with E-state index in [-0.39, 0.29) is 12.7 Å². The van der Waals surface area contributed by atoms with Gasteiger partial charge in [0.1, 0.15) is 5.75 Å². The summed E-state index contributed by atoms with van der Waals surface area (Å²) in [5.74, 6) is 2.30. The maximum Gasteiger partial charge on any atom is 0.148 e. The highest BCUT2D eigenvalue weighted by molar-refractivity contribution is 9.11. The van der Waals surface area contributed by atoms with Crippen molar-refractivity contribution < 1.29 is 9.84 Å². The van der Waals surface area contributed by atoms with Crippen LogP contribution in [0.15, 0.2) is 21.1 Å². The van der Waals surface area contributed by atoms with E-state index in [4.69, 9.17) is 4.74 Å². The molecule has 106 valence electrons. The number of hydrogen-bond donors (Lipinski definition) is 1. The first-order valence-corrected chi connectivity index (χ1v) is 8.33. The summed E-state index contributed by atoms with van der Waals surface area (Å²) >= 11 is 7.06. The lowest BCUT2D eigenvalue weighted by atomic mass is 9.82. The van der Waals surface area contributed by atoms with Crippen molar-refractivity contribution in [3.8, 4) is 5.75 Å². The van der Waals surface area contributed by atoms with Crippen LogP contribution in [0, 0.1) is 11.8 Å². The molecule has 1 fully saturated rings. The first-order valence-electron chi connectivity index (χ1n) is 6.75. The van der Waals surface area contributed by atoms with Crippen LogP contribution in [0.4, 0.5) is 0 Å². The van der Waals surface area contributed by atoms with Crippen molar-refractivity contribution in [2.45, 2.75) is 45.8 Å². The maximum absolute atomic E-state index is 9.19. The lowest BCUT2D eigenvalue weighted by Crippen LogP contribution is -2.28. The molecule has 2 unspecified atom stereocenters. The first-order chi connectivity index (χ1) is 8.99. The Hall–Kier alpha value is -0.0600. The SMILES string of the molecule is CC1CC(C)CC(Oc2c(Br)cc(CO)cc2Br)C1. The zero-order valence-electron chi connectivity index (χ0n) is 11.3. The van der Waals surface area contributed by atoms with E-state index >= 15 is 0 Å². The average molecular weight is 392 g/mol. The third-order valence-corrected chi connectivity index (χ3v) is 4.84. The van der Waals surface area contributed by atoms with Gasteiger partial charge in [0.05, 0.1) is 21.7 Å². The van der Waals surface area contributed by atoms with Crippen molar-refractivity contribution in [2.75, 3.05) is 0 Å². The van der Waals surface area contributed by atoms with Crippen LogP contribution in [0.3, 0.4) is 0 Å². The summed E-state index contributed by atoms with van der Waals surface area (Å²) in [6, 6.07) is 3.82. The zero-order valence-corrected chi connectivity index (χ0v) is 14.5. The van der Waals surface area contributed by atoms with E-state index in [9.17, 15) is 5.11 Å². The third-order valence-electron chi connectivity index (χ3n) is 3.66. The molecule has 0 heterocycles. The summed E-state index contributed by atoms with van der Waals surface area (Å²) in [5.41, 5.74) is 0.872. The molecule has 4 heteroatoms. The van der Waals surface area contributed by atoms with Crippen molar-refractivity contribution in [2.24, 2.45) is 11.8 Å².